The first-order chi connectivity index (χ1) is 8.78. The van der Waals surface area contributed by atoms with Gasteiger partial charge in [-0.2, -0.15) is 0 Å². The van der Waals surface area contributed by atoms with E-state index >= 15 is 0 Å². The lowest BCUT2D eigenvalue weighted by atomic mass is 10.3. The van der Waals surface area contributed by atoms with E-state index in [9.17, 15) is 4.79 Å². The quantitative estimate of drug-likeness (QED) is 0.903. The average Bonchev–Trinajstić information content (AvgIpc) is 3.16. The van der Waals surface area contributed by atoms with Gasteiger partial charge in [0, 0.05) is 44.1 Å². The van der Waals surface area contributed by atoms with Gasteiger partial charge in [-0.15, -0.1) is 36.2 Å². The second-order valence-electron chi connectivity index (χ2n) is 4.89. The van der Waals surface area contributed by atoms with Crippen LogP contribution in [0.4, 0.5) is 0 Å². The lowest BCUT2D eigenvalue weighted by molar-refractivity contribution is 0.0622. The third kappa shape index (κ3) is 3.83. The molecule has 0 bridgehead atoms. The SMILES string of the molecule is Cl.Cl.NCc1nc(C(=O)N2CCN(C3CC3)CC2)cs1. The summed E-state index contributed by atoms with van der Waals surface area (Å²) in [6, 6.07) is 0.797. The number of amides is 1. The van der Waals surface area contributed by atoms with Crippen LogP contribution in [0, 0.1) is 0 Å². The molecule has 0 atom stereocenters. The van der Waals surface area contributed by atoms with E-state index in [2.05, 4.69) is 9.88 Å². The zero-order chi connectivity index (χ0) is 12.5. The standard InChI is InChI=1S/C12H18N4OS.2ClH/c13-7-11-14-10(8-18-11)12(17)16-5-3-15(4-6-16)9-1-2-9;;/h8-9H,1-7,13H2;2*1H. The summed E-state index contributed by atoms with van der Waals surface area (Å²) in [5.41, 5.74) is 6.07. The van der Waals surface area contributed by atoms with Crippen LogP contribution in [0.25, 0.3) is 0 Å². The first-order valence-electron chi connectivity index (χ1n) is 6.45. The molecule has 1 amide bonds. The first kappa shape index (κ1) is 17.7. The van der Waals surface area contributed by atoms with Gasteiger partial charge >= 0.3 is 0 Å². The second-order valence-corrected chi connectivity index (χ2v) is 5.83. The fourth-order valence-electron chi connectivity index (χ4n) is 2.39. The summed E-state index contributed by atoms with van der Waals surface area (Å²) >= 11 is 1.46. The number of piperazine rings is 1. The maximum Gasteiger partial charge on any atom is 0.273 e. The summed E-state index contributed by atoms with van der Waals surface area (Å²) in [4.78, 5) is 20.9. The topological polar surface area (TPSA) is 62.5 Å². The molecule has 1 aromatic rings. The predicted octanol–water partition coefficient (Wildman–Crippen LogP) is 1.37. The molecule has 3 rings (SSSR count). The summed E-state index contributed by atoms with van der Waals surface area (Å²) in [5.74, 6) is 0.0568. The smallest absolute Gasteiger partial charge is 0.273 e. The summed E-state index contributed by atoms with van der Waals surface area (Å²) in [6.07, 6.45) is 2.67. The molecule has 114 valence electrons. The highest BCUT2D eigenvalue weighted by Gasteiger charge is 2.32. The van der Waals surface area contributed by atoms with E-state index in [1.165, 1.54) is 24.2 Å². The Morgan fingerprint density at radius 3 is 2.45 bits per heavy atom. The molecule has 20 heavy (non-hydrogen) atoms. The van der Waals surface area contributed by atoms with Crippen LogP contribution in [0.2, 0.25) is 0 Å². The number of rotatable bonds is 3. The van der Waals surface area contributed by atoms with Gasteiger partial charge < -0.3 is 10.6 Å². The molecule has 0 unspecified atom stereocenters. The molecule has 1 aliphatic heterocycles. The number of hydrogen-bond acceptors (Lipinski definition) is 5. The molecule has 5 nitrogen and oxygen atoms in total. The number of carbonyl (C=O) groups is 1. The van der Waals surface area contributed by atoms with Gasteiger partial charge in [0.25, 0.3) is 5.91 Å². The van der Waals surface area contributed by atoms with Gasteiger partial charge in [-0.1, -0.05) is 0 Å². The zero-order valence-electron chi connectivity index (χ0n) is 11.2. The molecule has 8 heteroatoms. The second kappa shape index (κ2) is 7.56. The third-order valence-corrected chi connectivity index (χ3v) is 4.48. The Labute approximate surface area is 135 Å². The molecule has 0 spiro atoms. The minimum absolute atomic E-state index is 0. The van der Waals surface area contributed by atoms with Crippen molar-refractivity contribution in [2.24, 2.45) is 5.73 Å². The van der Waals surface area contributed by atoms with Gasteiger partial charge in [0.15, 0.2) is 0 Å². The van der Waals surface area contributed by atoms with Crippen LogP contribution in [-0.2, 0) is 6.54 Å². The Kier molecular flexibility index (Phi) is 6.68. The fourth-order valence-corrected chi connectivity index (χ4v) is 3.04. The van der Waals surface area contributed by atoms with Crippen LogP contribution >= 0.6 is 36.2 Å². The summed E-state index contributed by atoms with van der Waals surface area (Å²) in [5, 5.41) is 2.65. The zero-order valence-corrected chi connectivity index (χ0v) is 13.6. The molecule has 2 N–H and O–H groups in total. The van der Waals surface area contributed by atoms with Gasteiger partial charge in [-0.25, -0.2) is 4.98 Å². The normalized spacial score (nSPS) is 19.1. The Hall–Kier alpha value is -0.400. The molecule has 1 saturated carbocycles. The van der Waals surface area contributed by atoms with Crippen molar-refractivity contribution in [2.75, 3.05) is 26.2 Å². The van der Waals surface area contributed by atoms with E-state index in [4.69, 9.17) is 5.73 Å². The van der Waals surface area contributed by atoms with Crippen molar-refractivity contribution in [2.45, 2.75) is 25.4 Å². The number of thiazole rings is 1. The van der Waals surface area contributed by atoms with Crippen molar-refractivity contribution in [1.82, 2.24) is 14.8 Å². The summed E-state index contributed by atoms with van der Waals surface area (Å²) < 4.78 is 0. The number of hydrogen-bond donors (Lipinski definition) is 1. The van der Waals surface area contributed by atoms with Crippen molar-refractivity contribution in [3.63, 3.8) is 0 Å². The van der Waals surface area contributed by atoms with Crippen molar-refractivity contribution < 1.29 is 4.79 Å². The van der Waals surface area contributed by atoms with Crippen molar-refractivity contribution >= 4 is 42.1 Å². The molecule has 0 aromatic carbocycles. The molecular weight excluding hydrogens is 319 g/mol. The van der Waals surface area contributed by atoms with Gasteiger partial charge in [0.1, 0.15) is 10.7 Å². The van der Waals surface area contributed by atoms with Crippen LogP contribution in [-0.4, -0.2) is 52.9 Å². The summed E-state index contributed by atoms with van der Waals surface area (Å²) in [6.45, 7) is 4.07. The maximum absolute atomic E-state index is 12.2. The van der Waals surface area contributed by atoms with Gasteiger partial charge in [0.05, 0.1) is 0 Å². The molecular formula is C12H20Cl2N4OS. The van der Waals surface area contributed by atoms with Crippen molar-refractivity contribution in [1.29, 1.82) is 0 Å². The number of nitrogens with zero attached hydrogens (tertiary/aromatic N) is 3. The fraction of sp³-hybridized carbons (Fsp3) is 0.667. The first-order valence-corrected chi connectivity index (χ1v) is 7.33. The van der Waals surface area contributed by atoms with Gasteiger partial charge in [-0.3, -0.25) is 9.69 Å². The van der Waals surface area contributed by atoms with Crippen LogP contribution in [0.3, 0.4) is 0 Å². The van der Waals surface area contributed by atoms with Crippen LogP contribution in [0.1, 0.15) is 28.3 Å². The lowest BCUT2D eigenvalue weighted by Crippen LogP contribution is -2.49. The molecule has 0 radical (unpaired) electrons. The van der Waals surface area contributed by atoms with Crippen LogP contribution in [0.15, 0.2) is 5.38 Å². The molecule has 1 aliphatic carbocycles. The average molecular weight is 339 g/mol. The minimum atomic E-state index is 0. The van der Waals surface area contributed by atoms with Gasteiger partial charge in [-0.05, 0) is 12.8 Å². The van der Waals surface area contributed by atoms with E-state index in [0.717, 1.165) is 37.2 Å². The molecule has 1 aromatic heterocycles. The van der Waals surface area contributed by atoms with Crippen LogP contribution in [0.5, 0.6) is 0 Å². The highest BCUT2D eigenvalue weighted by molar-refractivity contribution is 7.09. The van der Waals surface area contributed by atoms with Crippen molar-refractivity contribution in [3.05, 3.63) is 16.1 Å². The number of nitrogens with two attached hydrogens (primary N) is 1. The van der Waals surface area contributed by atoms with E-state index in [-0.39, 0.29) is 30.7 Å². The largest absolute Gasteiger partial charge is 0.335 e. The highest BCUT2D eigenvalue weighted by atomic mass is 35.5. The van der Waals surface area contributed by atoms with Gasteiger partial charge in [0.2, 0.25) is 0 Å². The lowest BCUT2D eigenvalue weighted by Gasteiger charge is -2.34. The monoisotopic (exact) mass is 338 g/mol. The third-order valence-electron chi connectivity index (χ3n) is 3.61. The predicted molar refractivity (Wildman–Crippen MR) is 85.0 cm³/mol. The Bertz CT molecular complexity index is 444. The Morgan fingerprint density at radius 1 is 1.30 bits per heavy atom. The van der Waals surface area contributed by atoms with E-state index < -0.39 is 0 Å². The number of halogens is 2. The summed E-state index contributed by atoms with van der Waals surface area (Å²) in [7, 11) is 0. The molecule has 2 aliphatic rings. The molecule has 2 fully saturated rings. The van der Waals surface area contributed by atoms with E-state index in [1.54, 1.807) is 0 Å². The Balaban J connectivity index is 0.000001000. The number of carbonyl (C=O) groups excluding carboxylic acids is 1. The number of aromatic nitrogens is 1. The maximum atomic E-state index is 12.2. The Morgan fingerprint density at radius 2 is 1.95 bits per heavy atom. The minimum Gasteiger partial charge on any atom is -0.335 e. The van der Waals surface area contributed by atoms with Crippen molar-refractivity contribution in [3.8, 4) is 0 Å². The van der Waals surface area contributed by atoms with E-state index in [0.29, 0.717) is 12.2 Å². The molecule has 1 saturated heterocycles. The highest BCUT2D eigenvalue weighted by Crippen LogP contribution is 2.27. The van der Waals surface area contributed by atoms with Crippen LogP contribution < -0.4 is 5.73 Å². The van der Waals surface area contributed by atoms with E-state index in [1.807, 2.05) is 10.3 Å². The molecule has 2 heterocycles.